The lowest BCUT2D eigenvalue weighted by Crippen LogP contribution is -2.33. The summed E-state index contributed by atoms with van der Waals surface area (Å²) in [5.74, 6) is 0. The minimum Gasteiger partial charge on any atom is -0.346 e. The van der Waals surface area contributed by atoms with Crippen molar-refractivity contribution in [3.8, 4) is 0 Å². The van der Waals surface area contributed by atoms with E-state index in [2.05, 4.69) is 47.0 Å². The lowest BCUT2D eigenvalue weighted by atomic mass is 10.2. The van der Waals surface area contributed by atoms with Crippen LogP contribution >= 0.6 is 11.6 Å². The van der Waals surface area contributed by atoms with E-state index in [1.165, 1.54) is 10.9 Å². The molecule has 0 aliphatic rings. The van der Waals surface area contributed by atoms with E-state index in [1.807, 2.05) is 12.1 Å². The van der Waals surface area contributed by atoms with Gasteiger partial charge in [-0.25, -0.2) is 0 Å². The molecule has 1 aromatic heterocycles. The maximum Gasteiger partial charge on any atom is 0.0481 e. The van der Waals surface area contributed by atoms with Gasteiger partial charge in [0.2, 0.25) is 0 Å². The molecule has 2 rings (SSSR count). The number of hydrogen-bond donors (Lipinski definition) is 1. The summed E-state index contributed by atoms with van der Waals surface area (Å²) in [6.45, 7) is 10.8. The molecule has 0 spiro atoms. The first-order chi connectivity index (χ1) is 9.74. The lowest BCUT2D eigenvalue weighted by Gasteiger charge is -2.18. The van der Waals surface area contributed by atoms with Gasteiger partial charge in [-0.15, -0.1) is 0 Å². The van der Waals surface area contributed by atoms with Gasteiger partial charge in [-0.3, -0.25) is 0 Å². The second-order valence-electron chi connectivity index (χ2n) is 4.99. The minimum absolute atomic E-state index is 0.799. The summed E-state index contributed by atoms with van der Waals surface area (Å²) >= 11 is 6.00. The average molecular weight is 294 g/mol. The van der Waals surface area contributed by atoms with Crippen LogP contribution in [0, 0.1) is 0 Å². The molecule has 110 valence electrons. The fourth-order valence-corrected chi connectivity index (χ4v) is 2.65. The second kappa shape index (κ2) is 7.67. The van der Waals surface area contributed by atoms with E-state index in [4.69, 9.17) is 11.6 Å². The SMILES string of the molecule is CCN(CC)CCNCCn1ccc2cc(Cl)ccc21. The third kappa shape index (κ3) is 3.98. The van der Waals surface area contributed by atoms with Crippen LogP contribution in [0.15, 0.2) is 30.5 Å². The van der Waals surface area contributed by atoms with Crippen LogP contribution in [0.4, 0.5) is 0 Å². The molecule has 0 saturated heterocycles. The quantitative estimate of drug-likeness (QED) is 0.754. The predicted molar refractivity (Wildman–Crippen MR) is 87.6 cm³/mol. The first-order valence-electron chi connectivity index (χ1n) is 7.42. The second-order valence-corrected chi connectivity index (χ2v) is 5.43. The third-order valence-corrected chi connectivity index (χ3v) is 4.00. The summed E-state index contributed by atoms with van der Waals surface area (Å²) < 4.78 is 2.27. The predicted octanol–water partition coefficient (Wildman–Crippen LogP) is 3.23. The van der Waals surface area contributed by atoms with Crippen LogP contribution in [-0.2, 0) is 6.54 Å². The summed E-state index contributed by atoms with van der Waals surface area (Å²) in [4.78, 5) is 2.43. The molecule has 0 atom stereocenters. The molecule has 1 heterocycles. The fourth-order valence-electron chi connectivity index (χ4n) is 2.47. The van der Waals surface area contributed by atoms with Gasteiger partial charge >= 0.3 is 0 Å². The Morgan fingerprint density at radius 2 is 1.95 bits per heavy atom. The van der Waals surface area contributed by atoms with Crippen molar-refractivity contribution in [3.05, 3.63) is 35.5 Å². The molecule has 20 heavy (non-hydrogen) atoms. The molecule has 1 aromatic carbocycles. The van der Waals surface area contributed by atoms with Crippen molar-refractivity contribution in [2.45, 2.75) is 20.4 Å². The number of likely N-dealkylation sites (N-methyl/N-ethyl adjacent to an activating group) is 1. The van der Waals surface area contributed by atoms with E-state index in [1.54, 1.807) is 0 Å². The highest BCUT2D eigenvalue weighted by Crippen LogP contribution is 2.20. The molecule has 0 unspecified atom stereocenters. The van der Waals surface area contributed by atoms with Crippen molar-refractivity contribution in [2.75, 3.05) is 32.7 Å². The smallest absolute Gasteiger partial charge is 0.0481 e. The van der Waals surface area contributed by atoms with E-state index in [0.717, 1.165) is 44.3 Å². The van der Waals surface area contributed by atoms with Crippen LogP contribution < -0.4 is 5.32 Å². The van der Waals surface area contributed by atoms with E-state index in [0.29, 0.717) is 0 Å². The zero-order valence-corrected chi connectivity index (χ0v) is 13.2. The van der Waals surface area contributed by atoms with Crippen LogP contribution in [0.1, 0.15) is 13.8 Å². The van der Waals surface area contributed by atoms with Crippen molar-refractivity contribution in [2.24, 2.45) is 0 Å². The zero-order valence-electron chi connectivity index (χ0n) is 12.4. The Morgan fingerprint density at radius 3 is 2.70 bits per heavy atom. The molecular weight excluding hydrogens is 270 g/mol. The highest BCUT2D eigenvalue weighted by molar-refractivity contribution is 6.31. The number of nitrogens with zero attached hydrogens (tertiary/aromatic N) is 2. The van der Waals surface area contributed by atoms with E-state index >= 15 is 0 Å². The Balaban J connectivity index is 1.79. The van der Waals surface area contributed by atoms with Crippen molar-refractivity contribution < 1.29 is 0 Å². The van der Waals surface area contributed by atoms with Gasteiger partial charge < -0.3 is 14.8 Å². The maximum atomic E-state index is 6.00. The summed E-state index contributed by atoms with van der Waals surface area (Å²) in [7, 11) is 0. The van der Waals surface area contributed by atoms with Crippen molar-refractivity contribution in [3.63, 3.8) is 0 Å². The van der Waals surface area contributed by atoms with Gasteiger partial charge in [-0.05, 0) is 37.4 Å². The van der Waals surface area contributed by atoms with Gasteiger partial charge in [0.05, 0.1) is 0 Å². The number of rotatable bonds is 8. The van der Waals surface area contributed by atoms with Gasteiger partial charge in [-0.1, -0.05) is 25.4 Å². The summed E-state index contributed by atoms with van der Waals surface area (Å²) in [5.41, 5.74) is 1.25. The number of fused-ring (bicyclic) bond motifs is 1. The number of benzene rings is 1. The first kappa shape index (κ1) is 15.4. The fraction of sp³-hybridized carbons (Fsp3) is 0.500. The Labute approximate surface area is 126 Å². The molecule has 0 fully saturated rings. The van der Waals surface area contributed by atoms with Crippen molar-refractivity contribution in [1.82, 2.24) is 14.8 Å². The number of aromatic nitrogens is 1. The normalized spacial score (nSPS) is 11.6. The average Bonchev–Trinajstić information content (AvgIpc) is 2.85. The van der Waals surface area contributed by atoms with Gasteiger partial charge in [0.1, 0.15) is 0 Å². The molecule has 2 aromatic rings. The topological polar surface area (TPSA) is 20.2 Å². The van der Waals surface area contributed by atoms with Crippen LogP contribution in [0.3, 0.4) is 0 Å². The molecule has 0 amide bonds. The van der Waals surface area contributed by atoms with Gasteiger partial charge in [0, 0.05) is 48.3 Å². The van der Waals surface area contributed by atoms with Crippen molar-refractivity contribution in [1.29, 1.82) is 0 Å². The molecule has 3 nitrogen and oxygen atoms in total. The summed E-state index contributed by atoms with van der Waals surface area (Å²) in [6.07, 6.45) is 2.13. The Morgan fingerprint density at radius 1 is 1.15 bits per heavy atom. The molecule has 0 saturated carbocycles. The zero-order chi connectivity index (χ0) is 14.4. The van der Waals surface area contributed by atoms with E-state index in [9.17, 15) is 0 Å². The highest BCUT2D eigenvalue weighted by atomic mass is 35.5. The molecule has 1 N–H and O–H groups in total. The van der Waals surface area contributed by atoms with Crippen LogP contribution in [-0.4, -0.2) is 42.2 Å². The molecule has 0 radical (unpaired) electrons. The van der Waals surface area contributed by atoms with Gasteiger partial charge in [0.25, 0.3) is 0 Å². The van der Waals surface area contributed by atoms with Crippen molar-refractivity contribution >= 4 is 22.5 Å². The molecule has 4 heteroatoms. The molecular formula is C16H24ClN3. The minimum atomic E-state index is 0.799. The van der Waals surface area contributed by atoms with Crippen LogP contribution in [0.2, 0.25) is 5.02 Å². The molecule has 0 aliphatic heterocycles. The monoisotopic (exact) mass is 293 g/mol. The lowest BCUT2D eigenvalue weighted by molar-refractivity contribution is 0.302. The first-order valence-corrected chi connectivity index (χ1v) is 7.80. The Kier molecular flexibility index (Phi) is 5.89. The summed E-state index contributed by atoms with van der Waals surface area (Å²) in [6, 6.07) is 8.18. The van der Waals surface area contributed by atoms with Gasteiger partial charge in [-0.2, -0.15) is 0 Å². The van der Waals surface area contributed by atoms with E-state index < -0.39 is 0 Å². The Hall–Kier alpha value is -1.03. The number of hydrogen-bond acceptors (Lipinski definition) is 2. The van der Waals surface area contributed by atoms with Crippen LogP contribution in [0.5, 0.6) is 0 Å². The largest absolute Gasteiger partial charge is 0.346 e. The van der Waals surface area contributed by atoms with E-state index in [-0.39, 0.29) is 0 Å². The number of nitrogens with one attached hydrogen (secondary N) is 1. The molecule has 0 bridgehead atoms. The maximum absolute atomic E-state index is 6.00. The standard InChI is InChI=1S/C16H24ClN3/c1-3-19(4-2)11-8-18-9-12-20-10-7-14-13-15(17)5-6-16(14)20/h5-7,10,13,18H,3-4,8-9,11-12H2,1-2H3. The van der Waals surface area contributed by atoms with Crippen LogP contribution in [0.25, 0.3) is 10.9 Å². The highest BCUT2D eigenvalue weighted by Gasteiger charge is 2.01. The number of halogens is 1. The Bertz CT molecular complexity index is 532. The summed E-state index contributed by atoms with van der Waals surface area (Å²) in [5, 5.41) is 5.52. The van der Waals surface area contributed by atoms with Gasteiger partial charge in [0.15, 0.2) is 0 Å². The third-order valence-electron chi connectivity index (χ3n) is 3.76. The molecule has 0 aliphatic carbocycles.